The highest BCUT2D eigenvalue weighted by Crippen LogP contribution is 2.19. The van der Waals surface area contributed by atoms with E-state index in [9.17, 15) is 14.0 Å². The number of benzene rings is 1. The number of carbonyl (C=O) groups is 2. The second kappa shape index (κ2) is 6.52. The molecule has 0 aromatic heterocycles. The summed E-state index contributed by atoms with van der Waals surface area (Å²) in [7, 11) is 0. The summed E-state index contributed by atoms with van der Waals surface area (Å²) in [6, 6.07) is 2.77. The van der Waals surface area contributed by atoms with Crippen molar-refractivity contribution in [2.24, 2.45) is 5.92 Å². The molecule has 0 spiro atoms. The summed E-state index contributed by atoms with van der Waals surface area (Å²) in [6.07, 6.45) is 0.572. The Morgan fingerprint density at radius 1 is 1.47 bits per heavy atom. The third kappa shape index (κ3) is 3.67. The molecule has 0 bridgehead atoms. The van der Waals surface area contributed by atoms with Crippen molar-refractivity contribution in [3.8, 4) is 0 Å². The molecular weight excluding hydrogens is 273 g/mol. The van der Waals surface area contributed by atoms with E-state index in [1.54, 1.807) is 6.92 Å². The van der Waals surface area contributed by atoms with Crippen LogP contribution in [-0.4, -0.2) is 23.0 Å². The normalized spacial score (nSPS) is 13.7. The topological polar surface area (TPSA) is 66.4 Å². The molecule has 104 valence electrons. The molecule has 1 rings (SSSR count). The van der Waals surface area contributed by atoms with E-state index in [-0.39, 0.29) is 16.5 Å². The zero-order valence-electron chi connectivity index (χ0n) is 10.6. The minimum absolute atomic E-state index is 0.0502. The van der Waals surface area contributed by atoms with Gasteiger partial charge in [0.2, 0.25) is 0 Å². The lowest BCUT2D eigenvalue weighted by atomic mass is 9.99. The number of nitrogens with one attached hydrogen (secondary N) is 1. The van der Waals surface area contributed by atoms with Gasteiger partial charge in [-0.25, -0.2) is 9.18 Å². The van der Waals surface area contributed by atoms with Crippen LogP contribution in [0, 0.1) is 11.7 Å². The van der Waals surface area contributed by atoms with Gasteiger partial charge in [-0.05, 0) is 18.1 Å². The van der Waals surface area contributed by atoms with Crippen molar-refractivity contribution in [3.63, 3.8) is 0 Å². The van der Waals surface area contributed by atoms with Crippen molar-refractivity contribution in [3.05, 3.63) is 34.6 Å². The second-order valence-corrected chi connectivity index (χ2v) is 4.68. The van der Waals surface area contributed by atoms with Gasteiger partial charge in [0.05, 0.1) is 10.6 Å². The van der Waals surface area contributed by atoms with Crippen molar-refractivity contribution in [1.29, 1.82) is 0 Å². The van der Waals surface area contributed by atoms with Gasteiger partial charge in [0.1, 0.15) is 11.9 Å². The minimum atomic E-state index is -1.16. The average Bonchev–Trinajstić information content (AvgIpc) is 2.34. The van der Waals surface area contributed by atoms with Crippen molar-refractivity contribution in [1.82, 2.24) is 5.32 Å². The van der Waals surface area contributed by atoms with E-state index < -0.39 is 23.7 Å². The van der Waals surface area contributed by atoms with E-state index in [4.69, 9.17) is 16.7 Å². The quantitative estimate of drug-likeness (QED) is 0.875. The molecular formula is C13H15ClFNO3. The lowest BCUT2D eigenvalue weighted by Gasteiger charge is -2.20. The van der Waals surface area contributed by atoms with Gasteiger partial charge in [-0.1, -0.05) is 37.9 Å². The predicted octanol–water partition coefficient (Wildman–Crippen LogP) is 2.71. The van der Waals surface area contributed by atoms with Crippen LogP contribution in [0.4, 0.5) is 4.39 Å². The first-order valence-corrected chi connectivity index (χ1v) is 6.24. The Labute approximate surface area is 115 Å². The van der Waals surface area contributed by atoms with E-state index in [0.29, 0.717) is 6.42 Å². The molecule has 0 radical (unpaired) electrons. The lowest BCUT2D eigenvalue weighted by molar-refractivity contribution is -0.140. The number of carboxylic acids is 1. The summed E-state index contributed by atoms with van der Waals surface area (Å²) in [5.41, 5.74) is -0.335. The highest BCUT2D eigenvalue weighted by Gasteiger charge is 2.27. The molecule has 4 nitrogen and oxygen atoms in total. The summed E-state index contributed by atoms with van der Waals surface area (Å²) in [5, 5.41) is 11.3. The standard InChI is InChI=1S/C13H15ClFNO3/c1-3-7(2)11(13(18)19)16-12(17)10-8(14)5-4-6-9(10)15/h4-7,11H,3H2,1-2H3,(H,16,17)(H,18,19). The zero-order valence-corrected chi connectivity index (χ0v) is 11.4. The molecule has 0 fully saturated rings. The van der Waals surface area contributed by atoms with Gasteiger partial charge in [-0.2, -0.15) is 0 Å². The van der Waals surface area contributed by atoms with Gasteiger partial charge in [0.15, 0.2) is 0 Å². The molecule has 1 aromatic rings. The van der Waals surface area contributed by atoms with Gasteiger partial charge in [0.25, 0.3) is 5.91 Å². The molecule has 2 unspecified atom stereocenters. The molecule has 0 saturated heterocycles. The molecule has 0 aliphatic rings. The highest BCUT2D eigenvalue weighted by atomic mass is 35.5. The lowest BCUT2D eigenvalue weighted by Crippen LogP contribution is -2.45. The molecule has 0 aliphatic heterocycles. The Morgan fingerprint density at radius 2 is 2.11 bits per heavy atom. The maximum Gasteiger partial charge on any atom is 0.326 e. The number of hydrogen-bond donors (Lipinski definition) is 2. The zero-order chi connectivity index (χ0) is 14.6. The summed E-state index contributed by atoms with van der Waals surface area (Å²) >= 11 is 5.75. The van der Waals surface area contributed by atoms with Gasteiger partial charge >= 0.3 is 5.97 Å². The van der Waals surface area contributed by atoms with Gasteiger partial charge in [-0.15, -0.1) is 0 Å². The summed E-state index contributed by atoms with van der Waals surface area (Å²) < 4.78 is 13.5. The van der Waals surface area contributed by atoms with Crippen LogP contribution in [0.2, 0.25) is 5.02 Å². The summed E-state index contributed by atoms with van der Waals surface area (Å²) in [5.74, 6) is -3.03. The maximum absolute atomic E-state index is 13.5. The molecule has 0 saturated carbocycles. The molecule has 1 aromatic carbocycles. The van der Waals surface area contributed by atoms with Gasteiger partial charge in [0, 0.05) is 0 Å². The number of rotatable bonds is 5. The van der Waals surface area contributed by atoms with Crippen LogP contribution >= 0.6 is 11.6 Å². The Balaban J connectivity index is 2.98. The van der Waals surface area contributed by atoms with Crippen LogP contribution in [0.15, 0.2) is 18.2 Å². The van der Waals surface area contributed by atoms with Crippen molar-refractivity contribution in [2.75, 3.05) is 0 Å². The SMILES string of the molecule is CCC(C)C(NC(=O)c1c(F)cccc1Cl)C(=O)O. The molecule has 2 atom stereocenters. The Kier molecular flexibility index (Phi) is 5.30. The van der Waals surface area contributed by atoms with Crippen LogP contribution in [0.3, 0.4) is 0 Å². The number of hydrogen-bond acceptors (Lipinski definition) is 2. The van der Waals surface area contributed by atoms with Crippen molar-refractivity contribution in [2.45, 2.75) is 26.3 Å². The first kappa shape index (κ1) is 15.4. The third-order valence-corrected chi connectivity index (χ3v) is 3.27. The Morgan fingerprint density at radius 3 is 2.58 bits per heavy atom. The fraction of sp³-hybridized carbons (Fsp3) is 0.385. The molecule has 1 amide bonds. The Bertz CT molecular complexity index is 473. The van der Waals surface area contributed by atoms with E-state index >= 15 is 0 Å². The maximum atomic E-state index is 13.5. The minimum Gasteiger partial charge on any atom is -0.480 e. The molecule has 6 heteroatoms. The summed E-state index contributed by atoms with van der Waals surface area (Å²) in [4.78, 5) is 23.0. The average molecular weight is 288 g/mol. The van der Waals surface area contributed by atoms with E-state index in [1.807, 2.05) is 6.92 Å². The Hall–Kier alpha value is -1.62. The fourth-order valence-corrected chi connectivity index (χ4v) is 1.86. The van der Waals surface area contributed by atoms with Crippen LogP contribution in [0.5, 0.6) is 0 Å². The van der Waals surface area contributed by atoms with Crippen molar-refractivity contribution < 1.29 is 19.1 Å². The number of carboxylic acid groups (broad SMARTS) is 1. The summed E-state index contributed by atoms with van der Waals surface area (Å²) in [6.45, 7) is 3.50. The number of amides is 1. The first-order chi connectivity index (χ1) is 8.88. The van der Waals surface area contributed by atoms with Crippen LogP contribution in [0.1, 0.15) is 30.6 Å². The second-order valence-electron chi connectivity index (χ2n) is 4.27. The van der Waals surface area contributed by atoms with Gasteiger partial charge < -0.3 is 10.4 Å². The smallest absolute Gasteiger partial charge is 0.326 e. The first-order valence-electron chi connectivity index (χ1n) is 5.86. The van der Waals surface area contributed by atoms with E-state index in [0.717, 1.165) is 6.07 Å². The number of halogens is 2. The molecule has 0 heterocycles. The number of carbonyl (C=O) groups excluding carboxylic acids is 1. The molecule has 0 aliphatic carbocycles. The van der Waals surface area contributed by atoms with Crippen LogP contribution in [0.25, 0.3) is 0 Å². The van der Waals surface area contributed by atoms with Crippen LogP contribution < -0.4 is 5.32 Å². The third-order valence-electron chi connectivity index (χ3n) is 2.96. The largest absolute Gasteiger partial charge is 0.480 e. The van der Waals surface area contributed by atoms with Crippen molar-refractivity contribution >= 4 is 23.5 Å². The van der Waals surface area contributed by atoms with Crippen LogP contribution in [-0.2, 0) is 4.79 Å². The molecule has 19 heavy (non-hydrogen) atoms. The fourth-order valence-electron chi connectivity index (χ4n) is 1.61. The monoisotopic (exact) mass is 287 g/mol. The predicted molar refractivity (Wildman–Crippen MR) is 69.8 cm³/mol. The van der Waals surface area contributed by atoms with E-state index in [2.05, 4.69) is 5.32 Å². The highest BCUT2D eigenvalue weighted by molar-refractivity contribution is 6.33. The van der Waals surface area contributed by atoms with E-state index in [1.165, 1.54) is 12.1 Å². The molecule has 2 N–H and O–H groups in total. The number of aliphatic carboxylic acids is 1. The van der Waals surface area contributed by atoms with Gasteiger partial charge in [-0.3, -0.25) is 4.79 Å².